The predicted molar refractivity (Wildman–Crippen MR) is 130 cm³/mol. The van der Waals surface area contributed by atoms with Gasteiger partial charge in [-0.2, -0.15) is 9.40 Å². The lowest BCUT2D eigenvalue weighted by Crippen LogP contribution is -2.36. The highest BCUT2D eigenvalue weighted by atomic mass is 32.2. The van der Waals surface area contributed by atoms with Crippen molar-refractivity contribution in [2.75, 3.05) is 24.5 Å². The summed E-state index contributed by atoms with van der Waals surface area (Å²) in [4.78, 5) is 20.9. The van der Waals surface area contributed by atoms with Crippen molar-refractivity contribution in [2.45, 2.75) is 56.3 Å². The van der Waals surface area contributed by atoms with Gasteiger partial charge in [0.25, 0.3) is 5.91 Å². The van der Waals surface area contributed by atoms with Crippen LogP contribution < -0.4 is 4.90 Å². The lowest BCUT2D eigenvalue weighted by Gasteiger charge is -2.30. The number of carbonyl (C=O) groups is 1. The minimum atomic E-state index is -3.49. The summed E-state index contributed by atoms with van der Waals surface area (Å²) < 4.78 is 29.5. The summed E-state index contributed by atoms with van der Waals surface area (Å²) in [5, 5.41) is 5.33. The van der Waals surface area contributed by atoms with E-state index in [1.807, 2.05) is 31.0 Å². The van der Waals surface area contributed by atoms with Gasteiger partial charge in [-0.3, -0.25) is 9.48 Å². The van der Waals surface area contributed by atoms with E-state index in [1.54, 1.807) is 21.1 Å². The Bertz CT molecular complexity index is 1420. The van der Waals surface area contributed by atoms with Crippen LogP contribution in [0.4, 0.5) is 5.69 Å². The van der Waals surface area contributed by atoms with Crippen molar-refractivity contribution < 1.29 is 13.2 Å². The van der Waals surface area contributed by atoms with E-state index < -0.39 is 10.0 Å². The van der Waals surface area contributed by atoms with Gasteiger partial charge < -0.3 is 4.90 Å². The van der Waals surface area contributed by atoms with Crippen molar-refractivity contribution >= 4 is 32.7 Å². The average Bonchev–Trinajstić information content (AvgIpc) is 3.45. The molecule has 1 saturated heterocycles. The first-order valence-corrected chi connectivity index (χ1v) is 13.6. The van der Waals surface area contributed by atoms with E-state index in [-0.39, 0.29) is 5.91 Å². The second kappa shape index (κ2) is 7.88. The van der Waals surface area contributed by atoms with Crippen molar-refractivity contribution in [3.63, 3.8) is 0 Å². The largest absolute Gasteiger partial charge is 0.308 e. The van der Waals surface area contributed by atoms with Crippen molar-refractivity contribution in [2.24, 2.45) is 7.05 Å². The third kappa shape index (κ3) is 3.44. The van der Waals surface area contributed by atoms with Crippen LogP contribution in [0.15, 0.2) is 29.2 Å². The molecule has 2 aromatic heterocycles. The van der Waals surface area contributed by atoms with E-state index in [4.69, 9.17) is 4.98 Å². The van der Waals surface area contributed by atoms with Crippen LogP contribution >= 0.6 is 0 Å². The number of nitrogens with zero attached hydrogens (tertiary/aromatic N) is 5. The zero-order valence-electron chi connectivity index (χ0n) is 19.6. The summed E-state index contributed by atoms with van der Waals surface area (Å²) >= 11 is 0. The summed E-state index contributed by atoms with van der Waals surface area (Å²) in [6.07, 6.45) is 5.57. The van der Waals surface area contributed by atoms with E-state index in [2.05, 4.69) is 5.10 Å². The molecule has 9 heteroatoms. The Morgan fingerprint density at radius 3 is 2.56 bits per heavy atom. The molecule has 0 N–H and O–H groups in total. The zero-order valence-corrected chi connectivity index (χ0v) is 20.4. The molecule has 0 bridgehead atoms. The monoisotopic (exact) mass is 479 g/mol. The number of anilines is 1. The molecule has 4 heterocycles. The second-order valence-corrected chi connectivity index (χ2v) is 11.7. The van der Waals surface area contributed by atoms with E-state index in [0.717, 1.165) is 72.2 Å². The number of amides is 1. The van der Waals surface area contributed by atoms with Crippen LogP contribution in [0.5, 0.6) is 0 Å². The molecule has 1 aliphatic carbocycles. The zero-order chi connectivity index (χ0) is 23.6. The first-order chi connectivity index (χ1) is 16.3. The highest BCUT2D eigenvalue weighted by molar-refractivity contribution is 7.89. The van der Waals surface area contributed by atoms with Crippen molar-refractivity contribution in [3.05, 3.63) is 46.8 Å². The third-order valence-electron chi connectivity index (χ3n) is 7.33. The molecule has 8 nitrogen and oxygen atoms in total. The number of aryl methyl sites for hydroxylation is 3. The minimum Gasteiger partial charge on any atom is -0.308 e. The normalized spacial score (nSPS) is 19.1. The SMILES string of the molecule is Cc1nn(C)c2nc(C3CC3)cc(C(=O)N3CCCc4cc(S(=O)(=O)N5CCCC5)ccc43)c12. The van der Waals surface area contributed by atoms with Gasteiger partial charge in [-0.25, -0.2) is 13.4 Å². The fourth-order valence-electron chi connectivity index (χ4n) is 5.39. The number of rotatable bonds is 4. The molecular formula is C25H29N5O3S. The molecular weight excluding hydrogens is 450 g/mol. The summed E-state index contributed by atoms with van der Waals surface area (Å²) in [7, 11) is -1.62. The molecule has 1 aromatic carbocycles. The number of pyridine rings is 1. The highest BCUT2D eigenvalue weighted by Gasteiger charge is 2.33. The van der Waals surface area contributed by atoms with Gasteiger partial charge in [0.15, 0.2) is 5.65 Å². The van der Waals surface area contributed by atoms with Crippen molar-refractivity contribution in [1.82, 2.24) is 19.1 Å². The van der Waals surface area contributed by atoms with Gasteiger partial charge >= 0.3 is 0 Å². The van der Waals surface area contributed by atoms with Crippen LogP contribution in [0.2, 0.25) is 0 Å². The predicted octanol–water partition coefficient (Wildman–Crippen LogP) is 3.53. The maximum atomic E-state index is 14.0. The van der Waals surface area contributed by atoms with Gasteiger partial charge in [0.05, 0.1) is 21.5 Å². The molecule has 34 heavy (non-hydrogen) atoms. The van der Waals surface area contributed by atoms with Gasteiger partial charge in [0, 0.05) is 44.0 Å². The standard InChI is InChI=1S/C25H29N5O3S/c1-16-23-20(15-21(17-7-8-17)26-24(23)28(2)27-16)25(31)30-13-5-6-18-14-19(9-10-22(18)30)34(32,33)29-11-3-4-12-29/h9-10,14-15,17H,3-8,11-13H2,1-2H3. The van der Waals surface area contributed by atoms with Gasteiger partial charge in [-0.05, 0) is 75.3 Å². The van der Waals surface area contributed by atoms with Crippen molar-refractivity contribution in [1.29, 1.82) is 0 Å². The van der Waals surface area contributed by atoms with Gasteiger partial charge in [-0.1, -0.05) is 0 Å². The van der Waals surface area contributed by atoms with Crippen LogP contribution in [0.25, 0.3) is 11.0 Å². The Labute approximate surface area is 199 Å². The molecule has 1 saturated carbocycles. The molecule has 3 aliphatic rings. The van der Waals surface area contributed by atoms with Gasteiger partial charge in [-0.15, -0.1) is 0 Å². The van der Waals surface area contributed by atoms with Gasteiger partial charge in [0.2, 0.25) is 10.0 Å². The lowest BCUT2D eigenvalue weighted by atomic mass is 9.99. The minimum absolute atomic E-state index is 0.0681. The second-order valence-electron chi connectivity index (χ2n) is 9.74. The quantitative estimate of drug-likeness (QED) is 0.571. The third-order valence-corrected chi connectivity index (χ3v) is 9.23. The van der Waals surface area contributed by atoms with Crippen LogP contribution in [-0.2, 0) is 23.5 Å². The smallest absolute Gasteiger partial charge is 0.259 e. The molecule has 178 valence electrons. The maximum Gasteiger partial charge on any atom is 0.259 e. The van der Waals surface area contributed by atoms with Crippen LogP contribution in [0.1, 0.15) is 65.3 Å². The van der Waals surface area contributed by atoms with Crippen LogP contribution in [0.3, 0.4) is 0 Å². The molecule has 2 fully saturated rings. The van der Waals surface area contributed by atoms with Gasteiger partial charge in [0.1, 0.15) is 0 Å². The number of hydrogen-bond donors (Lipinski definition) is 0. The molecule has 1 amide bonds. The molecule has 0 atom stereocenters. The summed E-state index contributed by atoms with van der Waals surface area (Å²) in [5.41, 5.74) is 4.85. The molecule has 2 aliphatic heterocycles. The van der Waals surface area contributed by atoms with E-state index in [1.165, 1.54) is 0 Å². The van der Waals surface area contributed by atoms with Crippen LogP contribution in [-0.4, -0.2) is 53.0 Å². The summed E-state index contributed by atoms with van der Waals surface area (Å²) in [5.74, 6) is 0.347. The number of sulfonamides is 1. The fourth-order valence-corrected chi connectivity index (χ4v) is 6.96. The lowest BCUT2D eigenvalue weighted by molar-refractivity contribution is 0.0986. The number of hydrogen-bond acceptors (Lipinski definition) is 5. The van der Waals surface area contributed by atoms with Crippen LogP contribution in [0, 0.1) is 6.92 Å². The Balaban J connectivity index is 1.41. The Hall–Kier alpha value is -2.78. The molecule has 0 unspecified atom stereocenters. The Morgan fingerprint density at radius 1 is 1.06 bits per heavy atom. The first-order valence-electron chi connectivity index (χ1n) is 12.1. The molecule has 0 spiro atoms. The van der Waals surface area contributed by atoms with E-state index >= 15 is 0 Å². The summed E-state index contributed by atoms with van der Waals surface area (Å²) in [6, 6.07) is 7.20. The number of fused-ring (bicyclic) bond motifs is 2. The number of aromatic nitrogens is 3. The molecule has 6 rings (SSSR count). The summed E-state index contributed by atoms with van der Waals surface area (Å²) in [6.45, 7) is 3.68. The van der Waals surface area contributed by atoms with E-state index in [0.29, 0.717) is 36.0 Å². The number of carbonyl (C=O) groups excluding carboxylic acids is 1. The molecule has 0 radical (unpaired) electrons. The van der Waals surface area contributed by atoms with E-state index in [9.17, 15) is 13.2 Å². The molecule has 3 aromatic rings. The Kier molecular flexibility index (Phi) is 5.04. The fraction of sp³-hybridized carbons (Fsp3) is 0.480. The maximum absolute atomic E-state index is 14.0. The van der Waals surface area contributed by atoms with Crippen molar-refractivity contribution in [3.8, 4) is 0 Å². The highest BCUT2D eigenvalue weighted by Crippen LogP contribution is 2.41. The number of benzene rings is 1. The topological polar surface area (TPSA) is 88.4 Å². The first kappa shape index (κ1) is 21.7. The average molecular weight is 480 g/mol. The Morgan fingerprint density at radius 2 is 1.82 bits per heavy atom.